The van der Waals surface area contributed by atoms with E-state index in [-0.39, 0.29) is 11.8 Å². The molecule has 1 aliphatic carbocycles. The molecule has 142 valence electrons. The number of amides is 2. The summed E-state index contributed by atoms with van der Waals surface area (Å²) in [5, 5.41) is 10.2. The number of hydrogen-bond donors (Lipinski definition) is 2. The van der Waals surface area contributed by atoms with Crippen LogP contribution in [-0.2, 0) is 6.42 Å². The normalized spacial score (nSPS) is 13.2. The molecule has 3 aromatic rings. The molecule has 1 fully saturated rings. The number of carbonyl (C=O) groups is 2. The first-order valence-corrected chi connectivity index (χ1v) is 9.50. The maximum absolute atomic E-state index is 12.8. The molecule has 2 N–H and O–H groups in total. The predicted octanol–water partition coefficient (Wildman–Crippen LogP) is 3.58. The lowest BCUT2D eigenvalue weighted by Crippen LogP contribution is -2.25. The fraction of sp³-hybridized carbons (Fsp3) is 0.227. The van der Waals surface area contributed by atoms with Gasteiger partial charge in [0.1, 0.15) is 0 Å². The van der Waals surface area contributed by atoms with Gasteiger partial charge in [-0.05, 0) is 49.6 Å². The highest BCUT2D eigenvalue weighted by molar-refractivity contribution is 6.05. The Morgan fingerprint density at radius 2 is 1.86 bits per heavy atom. The zero-order valence-electron chi connectivity index (χ0n) is 15.7. The molecule has 28 heavy (non-hydrogen) atoms. The van der Waals surface area contributed by atoms with Crippen molar-refractivity contribution in [2.24, 2.45) is 0 Å². The van der Waals surface area contributed by atoms with Crippen LogP contribution in [0.2, 0.25) is 0 Å². The predicted molar refractivity (Wildman–Crippen MR) is 108 cm³/mol. The molecule has 6 nitrogen and oxygen atoms in total. The van der Waals surface area contributed by atoms with Crippen LogP contribution in [0.15, 0.2) is 60.8 Å². The van der Waals surface area contributed by atoms with Crippen molar-refractivity contribution in [3.63, 3.8) is 0 Å². The first-order chi connectivity index (χ1) is 13.7. The van der Waals surface area contributed by atoms with E-state index in [0.717, 1.165) is 24.2 Å². The van der Waals surface area contributed by atoms with E-state index in [1.165, 1.54) is 0 Å². The molecule has 0 saturated heterocycles. The molecule has 1 aliphatic rings. The van der Waals surface area contributed by atoms with E-state index >= 15 is 0 Å². The molecule has 0 bridgehead atoms. The standard InChI is InChI=1S/C22H22N4O2/c1-2-20-19(14-23-26(20)18-9-4-3-5-10-18)22(28)25-17-8-6-7-15(13-17)21(27)24-16-11-12-16/h3-10,13-14,16H,2,11-12H2,1H3,(H,24,27)(H,25,28). The Balaban J connectivity index is 1.54. The van der Waals surface area contributed by atoms with Gasteiger partial charge in [-0.15, -0.1) is 0 Å². The molecule has 2 aromatic carbocycles. The minimum atomic E-state index is -0.237. The van der Waals surface area contributed by atoms with Gasteiger partial charge >= 0.3 is 0 Å². The highest BCUT2D eigenvalue weighted by atomic mass is 16.2. The summed E-state index contributed by atoms with van der Waals surface area (Å²) in [6, 6.07) is 17.0. The van der Waals surface area contributed by atoms with Gasteiger partial charge in [-0.3, -0.25) is 9.59 Å². The third kappa shape index (κ3) is 3.81. The number of carbonyl (C=O) groups excluding carboxylic acids is 2. The maximum Gasteiger partial charge on any atom is 0.259 e. The van der Waals surface area contributed by atoms with Gasteiger partial charge in [0.05, 0.1) is 23.1 Å². The first kappa shape index (κ1) is 18.0. The van der Waals surface area contributed by atoms with Crippen molar-refractivity contribution in [2.45, 2.75) is 32.2 Å². The first-order valence-electron chi connectivity index (χ1n) is 9.50. The summed E-state index contributed by atoms with van der Waals surface area (Å²) in [4.78, 5) is 25.1. The van der Waals surface area contributed by atoms with E-state index < -0.39 is 0 Å². The molecule has 0 aliphatic heterocycles. The average Bonchev–Trinajstić information content (AvgIpc) is 3.42. The summed E-state index contributed by atoms with van der Waals surface area (Å²) in [7, 11) is 0. The topological polar surface area (TPSA) is 76.0 Å². The van der Waals surface area contributed by atoms with E-state index in [0.29, 0.717) is 29.3 Å². The van der Waals surface area contributed by atoms with Crippen LogP contribution in [0.3, 0.4) is 0 Å². The lowest BCUT2D eigenvalue weighted by atomic mass is 10.1. The molecule has 0 spiro atoms. The Morgan fingerprint density at radius 3 is 2.57 bits per heavy atom. The molecule has 1 saturated carbocycles. The van der Waals surface area contributed by atoms with Crippen molar-refractivity contribution in [1.82, 2.24) is 15.1 Å². The van der Waals surface area contributed by atoms with Crippen LogP contribution in [0.1, 0.15) is 46.2 Å². The van der Waals surface area contributed by atoms with Crippen molar-refractivity contribution in [2.75, 3.05) is 5.32 Å². The van der Waals surface area contributed by atoms with Gasteiger partial charge in [0.25, 0.3) is 11.8 Å². The van der Waals surface area contributed by atoms with Gasteiger partial charge in [-0.1, -0.05) is 31.2 Å². The van der Waals surface area contributed by atoms with Gasteiger partial charge in [0.2, 0.25) is 0 Å². The van der Waals surface area contributed by atoms with Crippen molar-refractivity contribution >= 4 is 17.5 Å². The summed E-state index contributed by atoms with van der Waals surface area (Å²) in [5.41, 5.74) is 3.41. The Morgan fingerprint density at radius 1 is 1.07 bits per heavy atom. The second-order valence-electron chi connectivity index (χ2n) is 6.89. The Kier molecular flexibility index (Phi) is 4.93. The minimum absolute atomic E-state index is 0.107. The second kappa shape index (κ2) is 7.68. The van der Waals surface area contributed by atoms with Crippen molar-refractivity contribution in [1.29, 1.82) is 0 Å². The average molecular weight is 374 g/mol. The van der Waals surface area contributed by atoms with E-state index in [1.54, 1.807) is 35.1 Å². The fourth-order valence-corrected chi connectivity index (χ4v) is 3.13. The Labute approximate surface area is 163 Å². The third-order valence-electron chi connectivity index (χ3n) is 4.74. The summed E-state index contributed by atoms with van der Waals surface area (Å²) in [6.45, 7) is 2.00. The zero-order valence-corrected chi connectivity index (χ0v) is 15.7. The van der Waals surface area contributed by atoms with Crippen LogP contribution in [0.25, 0.3) is 5.69 Å². The van der Waals surface area contributed by atoms with E-state index in [1.807, 2.05) is 37.3 Å². The molecule has 6 heteroatoms. The number of nitrogens with zero attached hydrogens (tertiary/aromatic N) is 2. The van der Waals surface area contributed by atoms with Gasteiger partial charge in [-0.2, -0.15) is 5.10 Å². The number of benzene rings is 2. The second-order valence-corrected chi connectivity index (χ2v) is 6.89. The summed E-state index contributed by atoms with van der Waals surface area (Å²) in [5.74, 6) is -0.344. The number of para-hydroxylation sites is 1. The monoisotopic (exact) mass is 374 g/mol. The smallest absolute Gasteiger partial charge is 0.259 e. The van der Waals surface area contributed by atoms with Gasteiger partial charge in [0, 0.05) is 17.3 Å². The molecule has 1 heterocycles. The quantitative estimate of drug-likeness (QED) is 0.692. The van der Waals surface area contributed by atoms with Crippen molar-refractivity contribution in [3.05, 3.63) is 77.6 Å². The van der Waals surface area contributed by atoms with E-state index in [9.17, 15) is 9.59 Å². The number of rotatable bonds is 6. The number of nitrogens with one attached hydrogen (secondary N) is 2. The van der Waals surface area contributed by atoms with Crippen LogP contribution >= 0.6 is 0 Å². The zero-order chi connectivity index (χ0) is 19.5. The SMILES string of the molecule is CCc1c(C(=O)Nc2cccc(C(=O)NC3CC3)c2)cnn1-c1ccccc1. The number of aromatic nitrogens is 2. The van der Waals surface area contributed by atoms with Crippen LogP contribution in [0, 0.1) is 0 Å². The summed E-state index contributed by atoms with van der Waals surface area (Å²) in [6.07, 6.45) is 4.33. The Hall–Kier alpha value is -3.41. The lowest BCUT2D eigenvalue weighted by Gasteiger charge is -2.10. The fourth-order valence-electron chi connectivity index (χ4n) is 3.13. The van der Waals surface area contributed by atoms with Gasteiger partial charge < -0.3 is 10.6 Å². The molecule has 4 rings (SSSR count). The summed E-state index contributed by atoms with van der Waals surface area (Å²) < 4.78 is 1.79. The minimum Gasteiger partial charge on any atom is -0.349 e. The highest BCUT2D eigenvalue weighted by Crippen LogP contribution is 2.21. The van der Waals surface area contributed by atoms with Crippen LogP contribution in [-0.4, -0.2) is 27.6 Å². The molecular weight excluding hydrogens is 352 g/mol. The van der Waals surface area contributed by atoms with Crippen LogP contribution < -0.4 is 10.6 Å². The number of hydrogen-bond acceptors (Lipinski definition) is 3. The largest absolute Gasteiger partial charge is 0.349 e. The van der Waals surface area contributed by atoms with Crippen molar-refractivity contribution < 1.29 is 9.59 Å². The van der Waals surface area contributed by atoms with Gasteiger partial charge in [0.15, 0.2) is 0 Å². The van der Waals surface area contributed by atoms with Crippen LogP contribution in [0.4, 0.5) is 5.69 Å². The van der Waals surface area contributed by atoms with Crippen molar-refractivity contribution in [3.8, 4) is 5.69 Å². The highest BCUT2D eigenvalue weighted by Gasteiger charge is 2.24. The molecule has 0 radical (unpaired) electrons. The maximum atomic E-state index is 12.8. The molecule has 2 amide bonds. The van der Waals surface area contributed by atoms with Crippen LogP contribution in [0.5, 0.6) is 0 Å². The summed E-state index contributed by atoms with van der Waals surface area (Å²) >= 11 is 0. The molecule has 1 aromatic heterocycles. The third-order valence-corrected chi connectivity index (χ3v) is 4.74. The molecular formula is C22H22N4O2. The lowest BCUT2D eigenvalue weighted by molar-refractivity contribution is 0.0949. The van der Waals surface area contributed by atoms with E-state index in [2.05, 4.69) is 15.7 Å². The van der Waals surface area contributed by atoms with Gasteiger partial charge in [-0.25, -0.2) is 4.68 Å². The molecule has 0 unspecified atom stereocenters. The van der Waals surface area contributed by atoms with E-state index in [4.69, 9.17) is 0 Å². The molecule has 0 atom stereocenters. The number of anilines is 1. The Bertz CT molecular complexity index is 1010.